The Morgan fingerprint density at radius 3 is 2.83 bits per heavy atom. The van der Waals surface area contributed by atoms with Crippen molar-refractivity contribution in [3.05, 3.63) is 40.6 Å². The molecule has 0 atom stereocenters. The number of carbonyl (C=O) groups excluding carboxylic acids is 1. The van der Waals surface area contributed by atoms with Crippen LogP contribution in [0.4, 0.5) is 4.79 Å². The first-order valence-electron chi connectivity index (χ1n) is 8.53. The van der Waals surface area contributed by atoms with Crippen LogP contribution in [0.5, 0.6) is 0 Å². The van der Waals surface area contributed by atoms with Gasteiger partial charge in [0.25, 0.3) is 0 Å². The number of amides is 2. The number of hydrogen-bond acceptors (Lipinski definition) is 4. The number of nitrogens with zero attached hydrogens (tertiary/aromatic N) is 4. The summed E-state index contributed by atoms with van der Waals surface area (Å²) in [6.07, 6.45) is 4.88. The molecule has 0 radical (unpaired) electrons. The number of urea groups is 1. The second-order valence-corrected chi connectivity index (χ2v) is 6.99. The molecule has 3 rings (SSSR count). The number of aromatic nitrogens is 2. The van der Waals surface area contributed by atoms with Crippen LogP contribution in [0.3, 0.4) is 0 Å². The fraction of sp³-hybridized carbons (Fsp3) is 0.529. The lowest BCUT2D eigenvalue weighted by Crippen LogP contribution is -2.52. The van der Waals surface area contributed by atoms with Crippen LogP contribution in [-0.2, 0) is 19.5 Å². The van der Waals surface area contributed by atoms with Gasteiger partial charge in [-0.05, 0) is 11.4 Å². The van der Waals surface area contributed by atoms with Gasteiger partial charge < -0.3 is 14.8 Å². The van der Waals surface area contributed by atoms with E-state index < -0.39 is 0 Å². The van der Waals surface area contributed by atoms with Gasteiger partial charge in [0.1, 0.15) is 5.82 Å². The zero-order valence-corrected chi connectivity index (χ0v) is 15.0. The van der Waals surface area contributed by atoms with E-state index in [-0.39, 0.29) is 6.03 Å². The lowest BCUT2D eigenvalue weighted by atomic mass is 10.3. The summed E-state index contributed by atoms with van der Waals surface area (Å²) in [5.74, 6) is 1.14. The van der Waals surface area contributed by atoms with Crippen LogP contribution in [0.2, 0.25) is 0 Å². The lowest BCUT2D eigenvalue weighted by molar-refractivity contribution is 0.136. The second kappa shape index (κ2) is 8.30. The second-order valence-electron chi connectivity index (χ2n) is 5.96. The topological polar surface area (TPSA) is 53.4 Å². The smallest absolute Gasteiger partial charge is 0.317 e. The summed E-state index contributed by atoms with van der Waals surface area (Å²) >= 11 is 1.67. The van der Waals surface area contributed by atoms with Crippen LogP contribution in [-0.4, -0.2) is 58.1 Å². The van der Waals surface area contributed by atoms with E-state index in [0.29, 0.717) is 6.54 Å². The summed E-state index contributed by atoms with van der Waals surface area (Å²) < 4.78 is 2.22. The average molecular weight is 347 g/mol. The first kappa shape index (κ1) is 17.0. The van der Waals surface area contributed by atoms with Crippen LogP contribution >= 0.6 is 11.3 Å². The standard InChI is InChI=1S/C17H25N5OS/c1-2-16-18-5-6-21(16)10-7-20-8-11-22(12-9-20)17(23)19-14-15-4-3-13-24-15/h3-6,13H,2,7-12,14H2,1H3,(H,19,23). The van der Waals surface area contributed by atoms with Crippen molar-refractivity contribution in [2.24, 2.45) is 0 Å². The third-order valence-electron chi connectivity index (χ3n) is 4.43. The van der Waals surface area contributed by atoms with Crippen LogP contribution in [0.1, 0.15) is 17.6 Å². The van der Waals surface area contributed by atoms with Gasteiger partial charge in [-0.3, -0.25) is 4.90 Å². The first-order valence-corrected chi connectivity index (χ1v) is 9.41. The number of rotatable bonds is 6. The molecule has 6 nitrogen and oxygen atoms in total. The van der Waals surface area contributed by atoms with Crippen molar-refractivity contribution < 1.29 is 4.79 Å². The molecule has 0 spiro atoms. The zero-order valence-electron chi connectivity index (χ0n) is 14.1. The minimum absolute atomic E-state index is 0.0472. The molecule has 0 saturated carbocycles. The van der Waals surface area contributed by atoms with Crippen molar-refractivity contribution in [3.63, 3.8) is 0 Å². The van der Waals surface area contributed by atoms with Crippen molar-refractivity contribution >= 4 is 17.4 Å². The number of aryl methyl sites for hydroxylation is 1. The van der Waals surface area contributed by atoms with Gasteiger partial charge in [0.05, 0.1) is 6.54 Å². The Hall–Kier alpha value is -1.86. The predicted molar refractivity (Wildman–Crippen MR) is 96.2 cm³/mol. The molecular weight excluding hydrogens is 322 g/mol. The summed E-state index contributed by atoms with van der Waals surface area (Å²) in [6, 6.07) is 4.10. The SMILES string of the molecule is CCc1nccn1CCN1CCN(C(=O)NCc2cccs2)CC1. The maximum Gasteiger partial charge on any atom is 0.317 e. The Kier molecular flexibility index (Phi) is 5.87. The molecule has 3 heterocycles. The number of nitrogens with one attached hydrogen (secondary N) is 1. The number of thiophene rings is 1. The lowest BCUT2D eigenvalue weighted by Gasteiger charge is -2.34. The largest absolute Gasteiger partial charge is 0.334 e. The van der Waals surface area contributed by atoms with Crippen molar-refractivity contribution in [3.8, 4) is 0 Å². The van der Waals surface area contributed by atoms with E-state index in [4.69, 9.17) is 0 Å². The molecule has 0 aromatic carbocycles. The van der Waals surface area contributed by atoms with Gasteiger partial charge in [-0.1, -0.05) is 13.0 Å². The van der Waals surface area contributed by atoms with Gasteiger partial charge in [-0.15, -0.1) is 11.3 Å². The van der Waals surface area contributed by atoms with Crippen LogP contribution in [0.25, 0.3) is 0 Å². The molecule has 2 amide bonds. The quantitative estimate of drug-likeness (QED) is 0.870. The fourth-order valence-corrected chi connectivity index (χ4v) is 3.61. The third-order valence-corrected chi connectivity index (χ3v) is 5.30. The fourth-order valence-electron chi connectivity index (χ4n) is 2.97. The van der Waals surface area contributed by atoms with E-state index in [1.807, 2.05) is 34.8 Å². The maximum atomic E-state index is 12.2. The number of imidazole rings is 1. The molecule has 2 aromatic heterocycles. The molecule has 1 N–H and O–H groups in total. The Morgan fingerprint density at radius 1 is 1.29 bits per heavy atom. The van der Waals surface area contributed by atoms with Crippen LogP contribution in [0.15, 0.2) is 29.9 Å². The predicted octanol–water partition coefficient (Wildman–Crippen LogP) is 2.03. The Morgan fingerprint density at radius 2 is 2.12 bits per heavy atom. The van der Waals surface area contributed by atoms with Crippen molar-refractivity contribution in [2.75, 3.05) is 32.7 Å². The van der Waals surface area contributed by atoms with Gasteiger partial charge in [0, 0.05) is 63.0 Å². The van der Waals surface area contributed by atoms with Crippen LogP contribution in [0, 0.1) is 0 Å². The van der Waals surface area contributed by atoms with Gasteiger partial charge in [0.2, 0.25) is 0 Å². The minimum atomic E-state index is 0.0472. The first-order chi connectivity index (χ1) is 11.8. The highest BCUT2D eigenvalue weighted by Gasteiger charge is 2.20. The number of carbonyl (C=O) groups is 1. The van der Waals surface area contributed by atoms with E-state index in [0.717, 1.165) is 51.5 Å². The monoisotopic (exact) mass is 347 g/mol. The maximum absolute atomic E-state index is 12.2. The molecule has 1 aliphatic heterocycles. The summed E-state index contributed by atoms with van der Waals surface area (Å²) in [5, 5.41) is 5.04. The van der Waals surface area contributed by atoms with Crippen molar-refractivity contribution in [1.29, 1.82) is 0 Å². The zero-order chi connectivity index (χ0) is 16.8. The number of piperazine rings is 1. The highest BCUT2D eigenvalue weighted by molar-refractivity contribution is 7.09. The summed E-state index contributed by atoms with van der Waals surface area (Å²) in [6.45, 7) is 8.18. The third kappa shape index (κ3) is 4.36. The van der Waals surface area contributed by atoms with E-state index >= 15 is 0 Å². The average Bonchev–Trinajstić information content (AvgIpc) is 3.29. The Balaban J connectivity index is 1.38. The van der Waals surface area contributed by atoms with Crippen molar-refractivity contribution in [1.82, 2.24) is 24.7 Å². The van der Waals surface area contributed by atoms with E-state index in [2.05, 4.69) is 26.7 Å². The normalized spacial score (nSPS) is 15.6. The van der Waals surface area contributed by atoms with Gasteiger partial charge in [0.15, 0.2) is 0 Å². The molecule has 0 bridgehead atoms. The van der Waals surface area contributed by atoms with E-state index in [1.54, 1.807) is 11.3 Å². The molecule has 0 unspecified atom stereocenters. The van der Waals surface area contributed by atoms with E-state index in [1.165, 1.54) is 4.88 Å². The minimum Gasteiger partial charge on any atom is -0.334 e. The summed E-state index contributed by atoms with van der Waals surface area (Å²) in [4.78, 5) is 22.1. The van der Waals surface area contributed by atoms with Crippen LogP contribution < -0.4 is 5.32 Å². The molecule has 130 valence electrons. The molecule has 1 aliphatic rings. The highest BCUT2D eigenvalue weighted by atomic mass is 32.1. The molecule has 24 heavy (non-hydrogen) atoms. The Bertz CT molecular complexity index is 631. The summed E-state index contributed by atoms with van der Waals surface area (Å²) in [7, 11) is 0. The molecule has 1 saturated heterocycles. The molecule has 7 heteroatoms. The van der Waals surface area contributed by atoms with E-state index in [9.17, 15) is 4.79 Å². The summed E-state index contributed by atoms with van der Waals surface area (Å²) in [5.41, 5.74) is 0. The number of hydrogen-bond donors (Lipinski definition) is 1. The molecular formula is C17H25N5OS. The Labute approximate surface area is 147 Å². The highest BCUT2D eigenvalue weighted by Crippen LogP contribution is 2.08. The van der Waals surface area contributed by atoms with Gasteiger partial charge >= 0.3 is 6.03 Å². The molecule has 2 aromatic rings. The van der Waals surface area contributed by atoms with Crippen molar-refractivity contribution in [2.45, 2.75) is 26.4 Å². The molecule has 1 fully saturated rings. The molecule has 0 aliphatic carbocycles. The van der Waals surface area contributed by atoms with Gasteiger partial charge in [-0.2, -0.15) is 0 Å². The van der Waals surface area contributed by atoms with Gasteiger partial charge in [-0.25, -0.2) is 9.78 Å².